The maximum atomic E-state index is 12.8. The van der Waals surface area contributed by atoms with E-state index in [0.717, 1.165) is 0 Å². The topological polar surface area (TPSA) is 116 Å². The molecule has 0 bridgehead atoms. The van der Waals surface area contributed by atoms with Gasteiger partial charge in [-0.15, -0.1) is 5.10 Å². The number of ether oxygens (including phenoxy) is 1. The van der Waals surface area contributed by atoms with E-state index in [0.29, 0.717) is 10.2 Å². The molecule has 0 unspecified atom stereocenters. The highest BCUT2D eigenvalue weighted by molar-refractivity contribution is 9.10. The molecule has 0 spiro atoms. The molecule has 134 valence electrons. The summed E-state index contributed by atoms with van der Waals surface area (Å²) in [6.45, 7) is 0. The lowest BCUT2D eigenvalue weighted by Gasteiger charge is -2.13. The Bertz CT molecular complexity index is 1050. The molecule has 0 atom stereocenters. The van der Waals surface area contributed by atoms with Crippen LogP contribution in [0.5, 0.6) is 0 Å². The average molecular weight is 438 g/mol. The fourth-order valence-electron chi connectivity index (χ4n) is 2.17. The molecule has 11 heteroatoms. The summed E-state index contributed by atoms with van der Waals surface area (Å²) in [5.41, 5.74) is 0.831. The van der Waals surface area contributed by atoms with Gasteiger partial charge >= 0.3 is 5.97 Å². The Kier molecular flexibility index (Phi) is 5.00. The largest absolute Gasteiger partial charge is 0.465 e. The highest BCUT2D eigenvalue weighted by atomic mass is 79.9. The maximum absolute atomic E-state index is 12.8. The fourth-order valence-corrected chi connectivity index (χ4v) is 3.68. The van der Waals surface area contributed by atoms with Gasteiger partial charge in [0.1, 0.15) is 6.33 Å². The number of aromatic nitrogens is 4. The Labute approximate surface area is 157 Å². The lowest BCUT2D eigenvalue weighted by molar-refractivity contribution is 0.0599. The Hall–Kier alpha value is -2.79. The van der Waals surface area contributed by atoms with E-state index in [9.17, 15) is 13.2 Å². The Morgan fingerprint density at radius 3 is 2.69 bits per heavy atom. The van der Waals surface area contributed by atoms with E-state index < -0.39 is 16.0 Å². The second kappa shape index (κ2) is 7.22. The molecule has 2 aromatic carbocycles. The van der Waals surface area contributed by atoms with E-state index >= 15 is 0 Å². The minimum Gasteiger partial charge on any atom is -0.465 e. The third kappa shape index (κ3) is 3.58. The average Bonchev–Trinajstić information content (AvgIpc) is 3.16. The number of halogens is 1. The van der Waals surface area contributed by atoms with Crippen molar-refractivity contribution < 1.29 is 17.9 Å². The van der Waals surface area contributed by atoms with Crippen LogP contribution in [-0.2, 0) is 14.8 Å². The number of para-hydroxylation sites is 2. The van der Waals surface area contributed by atoms with E-state index in [4.69, 9.17) is 0 Å². The summed E-state index contributed by atoms with van der Waals surface area (Å²) < 4.78 is 34.4. The molecule has 0 saturated carbocycles. The summed E-state index contributed by atoms with van der Waals surface area (Å²) in [5.74, 6) is -0.650. The summed E-state index contributed by atoms with van der Waals surface area (Å²) in [4.78, 5) is 11.7. The lowest BCUT2D eigenvalue weighted by atomic mass is 10.2. The molecule has 0 saturated heterocycles. The molecule has 9 nitrogen and oxygen atoms in total. The van der Waals surface area contributed by atoms with Gasteiger partial charge in [0.2, 0.25) is 0 Å². The third-order valence-electron chi connectivity index (χ3n) is 3.40. The minimum absolute atomic E-state index is 0.0902. The Balaban J connectivity index is 2.00. The zero-order valence-electron chi connectivity index (χ0n) is 13.3. The van der Waals surface area contributed by atoms with Gasteiger partial charge in [-0.05, 0) is 56.7 Å². The monoisotopic (exact) mass is 437 g/mol. The number of methoxy groups -OCH3 is 1. The highest BCUT2D eigenvalue weighted by Crippen LogP contribution is 2.25. The molecular weight excluding hydrogens is 426 g/mol. The number of carbonyl (C=O) groups excluding carboxylic acids is 1. The van der Waals surface area contributed by atoms with Crippen LogP contribution in [0.4, 0.5) is 5.69 Å². The number of sulfonamides is 1. The van der Waals surface area contributed by atoms with Crippen LogP contribution in [0, 0.1) is 0 Å². The first kappa shape index (κ1) is 18.0. The molecule has 3 aromatic rings. The first-order valence-corrected chi connectivity index (χ1v) is 9.43. The van der Waals surface area contributed by atoms with Crippen molar-refractivity contribution in [2.24, 2.45) is 0 Å². The number of carbonyl (C=O) groups is 1. The number of tetrazole rings is 1. The predicted molar refractivity (Wildman–Crippen MR) is 95.4 cm³/mol. The van der Waals surface area contributed by atoms with Gasteiger partial charge in [0.25, 0.3) is 10.0 Å². The number of esters is 1. The van der Waals surface area contributed by atoms with Crippen LogP contribution in [0.25, 0.3) is 5.69 Å². The summed E-state index contributed by atoms with van der Waals surface area (Å²) >= 11 is 3.20. The molecular formula is C15H12BrN5O4S. The number of nitrogens with zero attached hydrogens (tertiary/aromatic N) is 4. The lowest BCUT2D eigenvalue weighted by Crippen LogP contribution is -2.16. The summed E-state index contributed by atoms with van der Waals surface area (Å²) in [6, 6.07) is 10.7. The van der Waals surface area contributed by atoms with Gasteiger partial charge < -0.3 is 4.74 Å². The van der Waals surface area contributed by atoms with Crippen molar-refractivity contribution >= 4 is 37.6 Å². The zero-order valence-corrected chi connectivity index (χ0v) is 15.7. The zero-order chi connectivity index (χ0) is 18.7. The fraction of sp³-hybridized carbons (Fsp3) is 0.0667. The second-order valence-corrected chi connectivity index (χ2v) is 7.55. The standard InChI is InChI=1S/C15H12BrN5O4S/c1-25-15(22)11-8-10(6-7-12(11)16)26(23,24)18-13-4-2-3-5-14(13)21-9-17-19-20-21/h2-9,18H,1H3. The summed E-state index contributed by atoms with van der Waals surface area (Å²) in [7, 11) is -2.75. The van der Waals surface area contributed by atoms with Crippen LogP contribution >= 0.6 is 15.9 Å². The van der Waals surface area contributed by atoms with Crippen molar-refractivity contribution in [3.63, 3.8) is 0 Å². The smallest absolute Gasteiger partial charge is 0.339 e. The van der Waals surface area contributed by atoms with Crippen LogP contribution in [0.15, 0.2) is 58.2 Å². The molecule has 0 fully saturated rings. The van der Waals surface area contributed by atoms with Crippen molar-refractivity contribution in [2.45, 2.75) is 4.90 Å². The normalized spacial score (nSPS) is 11.2. The van der Waals surface area contributed by atoms with Gasteiger partial charge in [0.05, 0.1) is 28.9 Å². The van der Waals surface area contributed by atoms with Crippen LogP contribution in [0.3, 0.4) is 0 Å². The highest BCUT2D eigenvalue weighted by Gasteiger charge is 2.20. The molecule has 0 radical (unpaired) electrons. The van der Waals surface area contributed by atoms with E-state index in [1.165, 1.54) is 36.3 Å². The first-order chi connectivity index (χ1) is 12.4. The van der Waals surface area contributed by atoms with Crippen molar-refractivity contribution in [1.29, 1.82) is 0 Å². The SMILES string of the molecule is COC(=O)c1cc(S(=O)(=O)Nc2ccccc2-n2cnnn2)ccc1Br. The van der Waals surface area contributed by atoms with Crippen molar-refractivity contribution in [2.75, 3.05) is 11.8 Å². The van der Waals surface area contributed by atoms with Crippen molar-refractivity contribution in [1.82, 2.24) is 20.2 Å². The maximum Gasteiger partial charge on any atom is 0.339 e. The number of hydrogen-bond donors (Lipinski definition) is 1. The quantitative estimate of drug-likeness (QED) is 0.606. The van der Waals surface area contributed by atoms with E-state index in [2.05, 4.69) is 40.9 Å². The number of benzene rings is 2. The van der Waals surface area contributed by atoms with Crippen LogP contribution in [-0.4, -0.2) is 41.7 Å². The molecule has 1 heterocycles. The van der Waals surface area contributed by atoms with Crippen LogP contribution in [0.1, 0.15) is 10.4 Å². The minimum atomic E-state index is -3.97. The van der Waals surface area contributed by atoms with E-state index in [1.807, 2.05) is 0 Å². The molecule has 1 N–H and O–H groups in total. The predicted octanol–water partition coefficient (Wildman–Crippen LogP) is 2.01. The number of rotatable bonds is 5. The molecule has 0 amide bonds. The van der Waals surface area contributed by atoms with Crippen LogP contribution < -0.4 is 4.72 Å². The number of nitrogens with one attached hydrogen (secondary N) is 1. The van der Waals surface area contributed by atoms with Gasteiger partial charge in [-0.25, -0.2) is 13.2 Å². The van der Waals surface area contributed by atoms with Gasteiger partial charge in [-0.3, -0.25) is 4.72 Å². The Morgan fingerprint density at radius 1 is 1.23 bits per heavy atom. The summed E-state index contributed by atoms with van der Waals surface area (Å²) in [5, 5.41) is 10.8. The molecule has 0 aliphatic rings. The molecule has 0 aliphatic heterocycles. The van der Waals surface area contributed by atoms with Crippen molar-refractivity contribution in [3.8, 4) is 5.69 Å². The third-order valence-corrected chi connectivity index (χ3v) is 5.45. The number of anilines is 1. The molecule has 3 rings (SSSR count). The molecule has 0 aliphatic carbocycles. The second-order valence-electron chi connectivity index (χ2n) is 5.01. The van der Waals surface area contributed by atoms with E-state index in [1.54, 1.807) is 24.3 Å². The summed E-state index contributed by atoms with van der Waals surface area (Å²) in [6.07, 6.45) is 1.35. The molecule has 1 aromatic heterocycles. The Morgan fingerprint density at radius 2 is 2.00 bits per heavy atom. The molecule has 26 heavy (non-hydrogen) atoms. The number of hydrogen-bond acceptors (Lipinski definition) is 7. The van der Waals surface area contributed by atoms with Gasteiger partial charge in [-0.1, -0.05) is 12.1 Å². The van der Waals surface area contributed by atoms with Gasteiger partial charge in [0.15, 0.2) is 0 Å². The van der Waals surface area contributed by atoms with Gasteiger partial charge in [0, 0.05) is 4.47 Å². The van der Waals surface area contributed by atoms with Crippen LogP contribution in [0.2, 0.25) is 0 Å². The van der Waals surface area contributed by atoms with Gasteiger partial charge in [-0.2, -0.15) is 4.68 Å². The van der Waals surface area contributed by atoms with E-state index in [-0.39, 0.29) is 16.1 Å². The van der Waals surface area contributed by atoms with Crippen molar-refractivity contribution in [3.05, 3.63) is 58.8 Å². The first-order valence-electron chi connectivity index (χ1n) is 7.15.